The van der Waals surface area contributed by atoms with Gasteiger partial charge in [-0.25, -0.2) is 0 Å². The first-order chi connectivity index (χ1) is 5.38. The lowest BCUT2D eigenvalue weighted by molar-refractivity contribution is 0.974. The summed E-state index contributed by atoms with van der Waals surface area (Å²) in [5, 5.41) is 0. The molecule has 0 saturated carbocycles. The first-order valence-electron chi connectivity index (χ1n) is 3.81. The maximum Gasteiger partial charge on any atom is -0.000797 e. The molecule has 0 spiro atoms. The van der Waals surface area contributed by atoms with Crippen molar-refractivity contribution in [3.05, 3.63) is 40.4 Å². The van der Waals surface area contributed by atoms with Crippen LogP contribution in [0, 0.1) is 0 Å². The molecule has 1 heteroatoms. The predicted octanol–water partition coefficient (Wildman–Crippen LogP) is 3.59. The molecule has 0 N–H and O–H groups in total. The van der Waals surface area contributed by atoms with E-state index in [1.165, 1.54) is 28.5 Å². The Hall–Kier alpha value is -0.560. The fourth-order valence-electron chi connectivity index (χ4n) is 1.28. The van der Waals surface area contributed by atoms with Crippen LogP contribution in [0.2, 0.25) is 0 Å². The second-order valence-electron chi connectivity index (χ2n) is 2.75. The number of hydrogen-bond donors (Lipinski definition) is 0. The molecule has 0 atom stereocenters. The smallest absolute Gasteiger partial charge is 0.000797 e. The van der Waals surface area contributed by atoms with Crippen molar-refractivity contribution in [2.75, 3.05) is 0 Å². The molecular weight excluding hydrogens is 200 g/mol. The molecule has 0 radical (unpaired) electrons. The van der Waals surface area contributed by atoms with Gasteiger partial charge in [-0.3, -0.25) is 0 Å². The van der Waals surface area contributed by atoms with Crippen LogP contribution in [-0.2, 0) is 0 Å². The largest absolute Gasteiger partial charge is 0.0622 e. The highest BCUT2D eigenvalue weighted by molar-refractivity contribution is 9.11. The molecule has 0 nitrogen and oxygen atoms in total. The zero-order valence-electron chi connectivity index (χ0n) is 6.18. The number of rotatable bonds is 1. The van der Waals surface area contributed by atoms with E-state index in [4.69, 9.17) is 0 Å². The Morgan fingerprint density at radius 3 is 2.18 bits per heavy atom. The fraction of sp³-hybridized carbons (Fsp3) is 0.200. The first-order valence-corrected chi connectivity index (χ1v) is 4.60. The summed E-state index contributed by atoms with van der Waals surface area (Å²) in [7, 11) is 0. The molecule has 11 heavy (non-hydrogen) atoms. The molecule has 0 saturated heterocycles. The van der Waals surface area contributed by atoms with Gasteiger partial charge in [-0.1, -0.05) is 46.3 Å². The quantitative estimate of drug-likeness (QED) is 0.662. The number of hydrogen-bond acceptors (Lipinski definition) is 0. The van der Waals surface area contributed by atoms with E-state index in [1.807, 2.05) is 0 Å². The highest BCUT2D eigenvalue weighted by Gasteiger charge is 2.15. The van der Waals surface area contributed by atoms with E-state index in [-0.39, 0.29) is 0 Å². The van der Waals surface area contributed by atoms with Crippen molar-refractivity contribution in [3.8, 4) is 0 Å². The highest BCUT2D eigenvalue weighted by Crippen LogP contribution is 2.39. The SMILES string of the molecule is BrC1=C(c2ccccc2)CC1. The lowest BCUT2D eigenvalue weighted by Crippen LogP contribution is -1.97. The van der Waals surface area contributed by atoms with E-state index in [0.717, 1.165) is 0 Å². The average Bonchev–Trinajstić information content (AvgIpc) is 2.04. The van der Waals surface area contributed by atoms with Gasteiger partial charge in [0.25, 0.3) is 0 Å². The number of benzene rings is 1. The number of allylic oxidation sites excluding steroid dienone is 2. The fourth-order valence-corrected chi connectivity index (χ4v) is 1.91. The van der Waals surface area contributed by atoms with Gasteiger partial charge in [-0.2, -0.15) is 0 Å². The predicted molar refractivity (Wildman–Crippen MR) is 51.5 cm³/mol. The Morgan fingerprint density at radius 2 is 1.73 bits per heavy atom. The summed E-state index contributed by atoms with van der Waals surface area (Å²) in [6.45, 7) is 0. The molecule has 0 heterocycles. The van der Waals surface area contributed by atoms with Gasteiger partial charge in [-0.15, -0.1) is 0 Å². The molecule has 0 bridgehead atoms. The molecular formula is C10H9Br. The molecule has 56 valence electrons. The molecule has 1 aliphatic carbocycles. The van der Waals surface area contributed by atoms with E-state index in [0.29, 0.717) is 0 Å². The van der Waals surface area contributed by atoms with Crippen LogP contribution in [0.3, 0.4) is 0 Å². The maximum absolute atomic E-state index is 3.54. The van der Waals surface area contributed by atoms with Gasteiger partial charge in [-0.05, 0) is 28.5 Å². The minimum Gasteiger partial charge on any atom is -0.0622 e. The van der Waals surface area contributed by atoms with Crippen LogP contribution in [0.5, 0.6) is 0 Å². The topological polar surface area (TPSA) is 0 Å². The Balaban J connectivity index is 2.38. The summed E-state index contributed by atoms with van der Waals surface area (Å²) < 4.78 is 1.38. The first kappa shape index (κ1) is 7.11. The third-order valence-corrected chi connectivity index (χ3v) is 2.92. The zero-order chi connectivity index (χ0) is 7.68. The minimum absolute atomic E-state index is 1.21. The number of halogens is 1. The summed E-state index contributed by atoms with van der Waals surface area (Å²) in [5.41, 5.74) is 2.84. The normalized spacial score (nSPS) is 16.5. The molecule has 0 amide bonds. The summed E-state index contributed by atoms with van der Waals surface area (Å²) in [5.74, 6) is 0. The van der Waals surface area contributed by atoms with E-state index in [1.54, 1.807) is 0 Å². The van der Waals surface area contributed by atoms with Crippen LogP contribution in [-0.4, -0.2) is 0 Å². The second-order valence-corrected chi connectivity index (χ2v) is 3.71. The molecule has 0 aromatic heterocycles. The lowest BCUT2D eigenvalue weighted by atomic mass is 9.92. The molecule has 1 aromatic rings. The third kappa shape index (κ3) is 1.25. The van der Waals surface area contributed by atoms with Crippen LogP contribution in [0.15, 0.2) is 34.8 Å². The molecule has 1 aliphatic rings. The van der Waals surface area contributed by atoms with Crippen molar-refractivity contribution in [1.82, 2.24) is 0 Å². The van der Waals surface area contributed by atoms with Gasteiger partial charge in [0.2, 0.25) is 0 Å². The van der Waals surface area contributed by atoms with Crippen molar-refractivity contribution in [2.24, 2.45) is 0 Å². The van der Waals surface area contributed by atoms with E-state index < -0.39 is 0 Å². The Kier molecular flexibility index (Phi) is 1.82. The Labute approximate surface area is 75.1 Å². The van der Waals surface area contributed by atoms with Crippen molar-refractivity contribution >= 4 is 21.5 Å². The van der Waals surface area contributed by atoms with Crippen molar-refractivity contribution in [3.63, 3.8) is 0 Å². The van der Waals surface area contributed by atoms with Gasteiger partial charge >= 0.3 is 0 Å². The van der Waals surface area contributed by atoms with Crippen molar-refractivity contribution in [1.29, 1.82) is 0 Å². The van der Waals surface area contributed by atoms with Crippen molar-refractivity contribution in [2.45, 2.75) is 12.8 Å². The molecule has 0 fully saturated rings. The van der Waals surface area contributed by atoms with Gasteiger partial charge in [0.05, 0.1) is 0 Å². The van der Waals surface area contributed by atoms with E-state index in [9.17, 15) is 0 Å². The van der Waals surface area contributed by atoms with Crippen LogP contribution in [0.1, 0.15) is 18.4 Å². The molecule has 0 aliphatic heterocycles. The van der Waals surface area contributed by atoms with Gasteiger partial charge in [0.1, 0.15) is 0 Å². The molecule has 2 rings (SSSR count). The molecule has 1 aromatic carbocycles. The van der Waals surface area contributed by atoms with Gasteiger partial charge in [0, 0.05) is 0 Å². The van der Waals surface area contributed by atoms with E-state index in [2.05, 4.69) is 46.3 Å². The van der Waals surface area contributed by atoms with Gasteiger partial charge in [0.15, 0.2) is 0 Å². The van der Waals surface area contributed by atoms with Crippen molar-refractivity contribution < 1.29 is 0 Å². The van der Waals surface area contributed by atoms with Crippen LogP contribution < -0.4 is 0 Å². The van der Waals surface area contributed by atoms with E-state index >= 15 is 0 Å². The summed E-state index contributed by atoms with van der Waals surface area (Å²) >= 11 is 3.54. The Morgan fingerprint density at radius 1 is 1.00 bits per heavy atom. The molecule has 0 unspecified atom stereocenters. The summed E-state index contributed by atoms with van der Waals surface area (Å²) in [4.78, 5) is 0. The highest BCUT2D eigenvalue weighted by atomic mass is 79.9. The third-order valence-electron chi connectivity index (χ3n) is 2.04. The standard InChI is InChI=1S/C10H9Br/c11-10-7-6-9(10)8-4-2-1-3-5-8/h1-5H,6-7H2. The lowest BCUT2D eigenvalue weighted by Gasteiger charge is -2.19. The van der Waals surface area contributed by atoms with Crippen LogP contribution in [0.4, 0.5) is 0 Å². The summed E-state index contributed by atoms with van der Waals surface area (Å²) in [6.07, 6.45) is 2.44. The second kappa shape index (κ2) is 2.82. The summed E-state index contributed by atoms with van der Waals surface area (Å²) in [6, 6.07) is 10.5. The monoisotopic (exact) mass is 208 g/mol. The zero-order valence-corrected chi connectivity index (χ0v) is 7.76. The minimum atomic E-state index is 1.21. The van der Waals surface area contributed by atoms with Crippen LogP contribution in [0.25, 0.3) is 5.57 Å². The maximum atomic E-state index is 3.54. The average molecular weight is 209 g/mol. The Bertz CT molecular complexity index is 285. The van der Waals surface area contributed by atoms with Crippen LogP contribution >= 0.6 is 15.9 Å². The van der Waals surface area contributed by atoms with Gasteiger partial charge < -0.3 is 0 Å².